The molecule has 7 heavy (non-hydrogen) atoms. The van der Waals surface area contributed by atoms with Crippen LogP contribution in [0, 0.1) is 0 Å². The van der Waals surface area contributed by atoms with Crippen molar-refractivity contribution in [2.24, 2.45) is 0 Å². The molecule has 0 bridgehead atoms. The molecular weight excluding hydrogens is 108 g/mol. The van der Waals surface area contributed by atoms with E-state index in [9.17, 15) is 0 Å². The van der Waals surface area contributed by atoms with Gasteiger partial charge >= 0.3 is 0 Å². The Morgan fingerprint density at radius 1 is 1.43 bits per heavy atom. The van der Waals surface area contributed by atoms with Gasteiger partial charge in [-0.3, -0.25) is 0 Å². The number of rotatable bonds is 2. The van der Waals surface area contributed by atoms with E-state index in [1.165, 1.54) is 0 Å². The zero-order chi connectivity index (χ0) is 5.91. The summed E-state index contributed by atoms with van der Waals surface area (Å²) in [5.41, 5.74) is 0. The van der Waals surface area contributed by atoms with Gasteiger partial charge in [0.15, 0.2) is 0 Å². The summed E-state index contributed by atoms with van der Waals surface area (Å²) in [4.78, 5) is -0.722. The number of aliphatic hydroxyl groups is 1. The van der Waals surface area contributed by atoms with E-state index in [0.717, 1.165) is 0 Å². The van der Waals surface area contributed by atoms with Gasteiger partial charge in [0, 0.05) is 0 Å². The summed E-state index contributed by atoms with van der Waals surface area (Å²) in [5.74, 6) is 0. The Kier molecular flexibility index (Phi) is 2.69. The molecular formula is C5H12OS. The smallest absolute Gasteiger partial charge is 0.107 e. The quantitative estimate of drug-likeness (QED) is 0.417. The minimum atomic E-state index is -0.722. The molecule has 0 atom stereocenters. The lowest BCUT2D eigenvalue weighted by molar-refractivity contribution is 0.131. The summed E-state index contributed by atoms with van der Waals surface area (Å²) in [7, 11) is 0. The van der Waals surface area contributed by atoms with Crippen LogP contribution >= 0.6 is 12.6 Å². The molecule has 0 aliphatic carbocycles. The van der Waals surface area contributed by atoms with Crippen LogP contribution in [0.3, 0.4) is 0 Å². The Bertz CT molecular complexity index is 46.0. The molecule has 0 aliphatic heterocycles. The predicted molar refractivity (Wildman–Crippen MR) is 34.5 cm³/mol. The second kappa shape index (κ2) is 2.58. The van der Waals surface area contributed by atoms with E-state index in [0.29, 0.717) is 12.8 Å². The fourth-order valence-electron chi connectivity index (χ4n) is 0.250. The fourth-order valence-corrected chi connectivity index (χ4v) is 0.250. The van der Waals surface area contributed by atoms with Crippen LogP contribution in [0.5, 0.6) is 0 Å². The highest BCUT2D eigenvalue weighted by Crippen LogP contribution is 2.17. The first-order valence-corrected chi connectivity index (χ1v) is 3.02. The van der Waals surface area contributed by atoms with Crippen molar-refractivity contribution in [3.8, 4) is 0 Å². The second-order valence-electron chi connectivity index (χ2n) is 1.69. The van der Waals surface area contributed by atoms with E-state index >= 15 is 0 Å². The number of hydrogen-bond acceptors (Lipinski definition) is 2. The lowest BCUT2D eigenvalue weighted by Crippen LogP contribution is -2.16. The molecule has 1 N–H and O–H groups in total. The van der Waals surface area contributed by atoms with Crippen molar-refractivity contribution in [3.05, 3.63) is 0 Å². The van der Waals surface area contributed by atoms with Gasteiger partial charge in [-0.25, -0.2) is 0 Å². The Morgan fingerprint density at radius 3 is 1.71 bits per heavy atom. The van der Waals surface area contributed by atoms with E-state index in [4.69, 9.17) is 5.11 Å². The minimum absolute atomic E-state index is 0.715. The first-order valence-electron chi connectivity index (χ1n) is 2.57. The molecule has 0 aliphatic rings. The molecule has 2 heteroatoms. The van der Waals surface area contributed by atoms with Crippen molar-refractivity contribution in [1.82, 2.24) is 0 Å². The molecule has 0 aromatic heterocycles. The van der Waals surface area contributed by atoms with Crippen LogP contribution in [0.4, 0.5) is 0 Å². The topological polar surface area (TPSA) is 20.2 Å². The molecule has 0 saturated heterocycles. The van der Waals surface area contributed by atoms with Crippen LogP contribution in [-0.4, -0.2) is 10.0 Å². The summed E-state index contributed by atoms with van der Waals surface area (Å²) in [6.07, 6.45) is 1.43. The van der Waals surface area contributed by atoms with Crippen LogP contribution in [0.1, 0.15) is 26.7 Å². The standard InChI is InChI=1S/C5H12OS/c1-3-5(6,7)4-2/h6-7H,3-4H2,1-2H3. The molecule has 0 heterocycles. The van der Waals surface area contributed by atoms with Gasteiger partial charge in [-0.2, -0.15) is 0 Å². The first-order chi connectivity index (χ1) is 3.12. The highest BCUT2D eigenvalue weighted by atomic mass is 32.1. The van der Waals surface area contributed by atoms with E-state index in [1.807, 2.05) is 13.8 Å². The van der Waals surface area contributed by atoms with E-state index in [1.54, 1.807) is 0 Å². The molecule has 44 valence electrons. The monoisotopic (exact) mass is 120 g/mol. The average Bonchev–Trinajstić information content (AvgIpc) is 1.68. The van der Waals surface area contributed by atoms with Gasteiger partial charge in [0.05, 0.1) is 0 Å². The maximum atomic E-state index is 9.00. The van der Waals surface area contributed by atoms with Gasteiger partial charge in [0.1, 0.15) is 4.93 Å². The molecule has 0 spiro atoms. The third-order valence-corrected chi connectivity index (χ3v) is 1.76. The molecule has 0 aromatic carbocycles. The molecule has 0 saturated carbocycles. The lowest BCUT2D eigenvalue weighted by atomic mass is 10.2. The average molecular weight is 120 g/mol. The number of hydrogen-bond donors (Lipinski definition) is 2. The predicted octanol–water partition coefficient (Wildman–Crippen LogP) is 1.42. The summed E-state index contributed by atoms with van der Waals surface area (Å²) in [5, 5.41) is 9.00. The summed E-state index contributed by atoms with van der Waals surface area (Å²) >= 11 is 3.94. The van der Waals surface area contributed by atoms with Gasteiger partial charge in [-0.05, 0) is 12.8 Å². The Morgan fingerprint density at radius 2 is 1.71 bits per heavy atom. The number of thiol groups is 1. The van der Waals surface area contributed by atoms with E-state index in [2.05, 4.69) is 12.6 Å². The molecule has 0 fully saturated rings. The van der Waals surface area contributed by atoms with Crippen molar-refractivity contribution < 1.29 is 5.11 Å². The zero-order valence-corrected chi connectivity index (χ0v) is 5.70. The van der Waals surface area contributed by atoms with E-state index < -0.39 is 4.93 Å². The fraction of sp³-hybridized carbons (Fsp3) is 1.00. The normalized spacial score (nSPS) is 12.0. The van der Waals surface area contributed by atoms with Crippen molar-refractivity contribution in [2.45, 2.75) is 31.6 Å². The van der Waals surface area contributed by atoms with Crippen LogP contribution in [0.15, 0.2) is 0 Å². The van der Waals surface area contributed by atoms with E-state index in [-0.39, 0.29) is 0 Å². The summed E-state index contributed by atoms with van der Waals surface area (Å²) in [6.45, 7) is 3.83. The lowest BCUT2D eigenvalue weighted by Gasteiger charge is -2.16. The second-order valence-corrected chi connectivity index (χ2v) is 2.52. The SMILES string of the molecule is CCC(O)(S)CC. The van der Waals surface area contributed by atoms with Gasteiger partial charge in [0.2, 0.25) is 0 Å². The van der Waals surface area contributed by atoms with Gasteiger partial charge in [0.25, 0.3) is 0 Å². The van der Waals surface area contributed by atoms with Gasteiger partial charge < -0.3 is 5.11 Å². The molecule has 1 nitrogen and oxygen atoms in total. The third-order valence-electron chi connectivity index (χ3n) is 1.13. The zero-order valence-electron chi connectivity index (χ0n) is 4.81. The Balaban J connectivity index is 3.36. The minimum Gasteiger partial charge on any atom is -0.380 e. The van der Waals surface area contributed by atoms with Crippen molar-refractivity contribution in [1.29, 1.82) is 0 Å². The molecule has 0 amide bonds. The van der Waals surface area contributed by atoms with Crippen molar-refractivity contribution >= 4 is 12.6 Å². The summed E-state index contributed by atoms with van der Waals surface area (Å²) < 4.78 is 0. The molecule has 0 rings (SSSR count). The third kappa shape index (κ3) is 2.94. The van der Waals surface area contributed by atoms with Crippen LogP contribution in [0.2, 0.25) is 0 Å². The highest BCUT2D eigenvalue weighted by Gasteiger charge is 2.13. The van der Waals surface area contributed by atoms with Gasteiger partial charge in [-0.15, -0.1) is 12.6 Å². The van der Waals surface area contributed by atoms with Crippen molar-refractivity contribution in [3.63, 3.8) is 0 Å². The molecule has 0 unspecified atom stereocenters. The van der Waals surface area contributed by atoms with Crippen molar-refractivity contribution in [2.75, 3.05) is 0 Å². The first kappa shape index (κ1) is 7.31. The van der Waals surface area contributed by atoms with Crippen LogP contribution < -0.4 is 0 Å². The Labute approximate surface area is 50.1 Å². The van der Waals surface area contributed by atoms with Crippen LogP contribution in [-0.2, 0) is 0 Å². The maximum absolute atomic E-state index is 9.00. The largest absolute Gasteiger partial charge is 0.380 e. The summed E-state index contributed by atoms with van der Waals surface area (Å²) in [6, 6.07) is 0. The Hall–Kier alpha value is 0.310. The van der Waals surface area contributed by atoms with Crippen LogP contribution in [0.25, 0.3) is 0 Å². The maximum Gasteiger partial charge on any atom is 0.107 e. The highest BCUT2D eigenvalue weighted by molar-refractivity contribution is 7.81. The molecule has 0 radical (unpaired) electrons. The van der Waals surface area contributed by atoms with Gasteiger partial charge in [-0.1, -0.05) is 13.8 Å². The molecule has 0 aromatic rings.